The SMILES string of the molecule is CNC(=O)c1ccc2c(c1)CCc1cc(C(=O)NC)ccc1C2(C[C@H](NCC(=O)N1[C@H](C#N)C[C@@H]2C[C@@H]21)C(C)C)c1nnn[nH]1. The lowest BCUT2D eigenvalue weighted by Crippen LogP contribution is -2.49. The molecule has 12 heteroatoms. The predicted octanol–water partition coefficient (Wildman–Crippen LogP) is 1.87. The van der Waals surface area contributed by atoms with Crippen LogP contribution in [0.3, 0.4) is 0 Å². The molecule has 1 saturated heterocycles. The Morgan fingerprint density at radius 2 is 1.64 bits per heavy atom. The minimum absolute atomic E-state index is 0.0558. The number of aryl methyl sites for hydroxylation is 2. The first-order valence-electron chi connectivity index (χ1n) is 15.6. The van der Waals surface area contributed by atoms with E-state index in [1.165, 1.54) is 0 Å². The van der Waals surface area contributed by atoms with Crippen LogP contribution in [-0.4, -0.2) is 82.0 Å². The van der Waals surface area contributed by atoms with Crippen LogP contribution in [0.4, 0.5) is 0 Å². The summed E-state index contributed by atoms with van der Waals surface area (Å²) in [5, 5.41) is 34.2. The van der Waals surface area contributed by atoms with Gasteiger partial charge >= 0.3 is 0 Å². The van der Waals surface area contributed by atoms with Crippen molar-refractivity contribution in [1.82, 2.24) is 41.5 Å². The third-order valence-corrected chi connectivity index (χ3v) is 9.91. The molecule has 3 aromatic rings. The summed E-state index contributed by atoms with van der Waals surface area (Å²) in [6, 6.07) is 13.4. The van der Waals surface area contributed by atoms with Gasteiger partial charge < -0.3 is 20.9 Å². The molecule has 2 heterocycles. The number of aromatic nitrogens is 4. The number of nitriles is 1. The third-order valence-electron chi connectivity index (χ3n) is 9.91. The minimum Gasteiger partial charge on any atom is -0.355 e. The van der Waals surface area contributed by atoms with Crippen molar-refractivity contribution in [3.8, 4) is 6.07 Å². The van der Waals surface area contributed by atoms with Gasteiger partial charge in [-0.3, -0.25) is 14.4 Å². The van der Waals surface area contributed by atoms with E-state index in [2.05, 4.69) is 56.5 Å². The Labute approximate surface area is 262 Å². The van der Waals surface area contributed by atoms with Crippen LogP contribution in [0, 0.1) is 23.2 Å². The highest BCUT2D eigenvalue weighted by molar-refractivity contribution is 5.95. The van der Waals surface area contributed by atoms with Crippen molar-refractivity contribution in [2.75, 3.05) is 20.6 Å². The summed E-state index contributed by atoms with van der Waals surface area (Å²) in [5.74, 6) is 0.680. The second kappa shape index (κ2) is 12.0. The second-order valence-electron chi connectivity index (χ2n) is 12.7. The summed E-state index contributed by atoms with van der Waals surface area (Å²) in [7, 11) is 3.22. The van der Waals surface area contributed by atoms with Crippen LogP contribution < -0.4 is 16.0 Å². The van der Waals surface area contributed by atoms with Crippen molar-refractivity contribution < 1.29 is 14.4 Å². The van der Waals surface area contributed by atoms with E-state index < -0.39 is 5.41 Å². The maximum absolute atomic E-state index is 13.5. The molecule has 0 radical (unpaired) electrons. The molecule has 3 amide bonds. The van der Waals surface area contributed by atoms with Crippen LogP contribution in [0.25, 0.3) is 0 Å². The van der Waals surface area contributed by atoms with Gasteiger partial charge in [-0.2, -0.15) is 5.26 Å². The molecule has 0 bridgehead atoms. The Bertz CT molecular complexity index is 1590. The van der Waals surface area contributed by atoms with Crippen molar-refractivity contribution in [2.24, 2.45) is 11.8 Å². The Morgan fingerprint density at radius 3 is 2.16 bits per heavy atom. The lowest BCUT2D eigenvalue weighted by molar-refractivity contribution is -0.131. The summed E-state index contributed by atoms with van der Waals surface area (Å²) < 4.78 is 0. The van der Waals surface area contributed by atoms with Crippen LogP contribution in [0.2, 0.25) is 0 Å². The van der Waals surface area contributed by atoms with Gasteiger partial charge in [-0.1, -0.05) is 26.0 Å². The molecule has 2 aromatic carbocycles. The van der Waals surface area contributed by atoms with E-state index in [0.29, 0.717) is 42.1 Å². The molecule has 0 unspecified atom stereocenters. The van der Waals surface area contributed by atoms with E-state index >= 15 is 0 Å². The fraction of sp³-hybridized carbons (Fsp3) is 0.485. The lowest BCUT2D eigenvalue weighted by atomic mass is 9.66. The number of carbonyl (C=O) groups is 3. The number of aromatic amines is 1. The van der Waals surface area contributed by atoms with E-state index in [1.807, 2.05) is 36.4 Å². The van der Waals surface area contributed by atoms with Gasteiger partial charge in [0, 0.05) is 37.3 Å². The zero-order chi connectivity index (χ0) is 31.9. The van der Waals surface area contributed by atoms with Gasteiger partial charge in [-0.25, -0.2) is 5.10 Å². The maximum atomic E-state index is 13.5. The first-order valence-corrected chi connectivity index (χ1v) is 15.6. The quantitative estimate of drug-likeness (QED) is 0.285. The van der Waals surface area contributed by atoms with Gasteiger partial charge in [0.1, 0.15) is 6.04 Å². The fourth-order valence-electron chi connectivity index (χ4n) is 7.44. The number of fused-ring (bicyclic) bond motifs is 3. The van der Waals surface area contributed by atoms with E-state index in [0.717, 1.165) is 35.1 Å². The van der Waals surface area contributed by atoms with E-state index in [1.54, 1.807) is 19.0 Å². The van der Waals surface area contributed by atoms with Crippen molar-refractivity contribution in [3.63, 3.8) is 0 Å². The number of nitrogens with zero attached hydrogens (tertiary/aromatic N) is 5. The third kappa shape index (κ3) is 5.35. The molecule has 2 aliphatic carbocycles. The van der Waals surface area contributed by atoms with Crippen molar-refractivity contribution in [3.05, 3.63) is 75.6 Å². The van der Waals surface area contributed by atoms with Gasteiger partial charge in [-0.15, -0.1) is 5.10 Å². The zero-order valence-corrected chi connectivity index (χ0v) is 26.1. The van der Waals surface area contributed by atoms with Crippen LogP contribution in [0.5, 0.6) is 0 Å². The average molecular weight is 610 g/mol. The molecule has 1 aromatic heterocycles. The molecule has 12 nitrogen and oxygen atoms in total. The summed E-state index contributed by atoms with van der Waals surface area (Å²) in [6.07, 6.45) is 3.49. The zero-order valence-electron chi connectivity index (χ0n) is 26.1. The molecule has 45 heavy (non-hydrogen) atoms. The van der Waals surface area contributed by atoms with Gasteiger partial charge in [0.15, 0.2) is 5.82 Å². The number of piperidine rings is 1. The van der Waals surface area contributed by atoms with Gasteiger partial charge in [0.2, 0.25) is 5.91 Å². The molecule has 2 fully saturated rings. The molecule has 6 rings (SSSR count). The number of amides is 3. The fourth-order valence-corrected chi connectivity index (χ4v) is 7.44. The molecular weight excluding hydrogens is 570 g/mol. The number of benzene rings is 2. The average Bonchev–Trinajstić information content (AvgIpc) is 3.43. The molecule has 4 atom stereocenters. The molecule has 3 aliphatic rings. The maximum Gasteiger partial charge on any atom is 0.251 e. The number of hydrogen-bond acceptors (Lipinski definition) is 8. The van der Waals surface area contributed by atoms with Crippen LogP contribution in [0.15, 0.2) is 36.4 Å². The Balaban J connectivity index is 1.45. The molecular formula is C33H39N9O3. The first kappa shape index (κ1) is 30.4. The monoisotopic (exact) mass is 609 g/mol. The topological polar surface area (TPSA) is 169 Å². The van der Waals surface area contributed by atoms with Crippen molar-refractivity contribution in [2.45, 2.75) is 69.5 Å². The first-order chi connectivity index (χ1) is 21.7. The molecule has 0 spiro atoms. The van der Waals surface area contributed by atoms with E-state index in [-0.39, 0.29) is 48.3 Å². The number of hydrogen-bond donors (Lipinski definition) is 4. The van der Waals surface area contributed by atoms with Crippen LogP contribution in [-0.2, 0) is 23.1 Å². The van der Waals surface area contributed by atoms with Crippen molar-refractivity contribution >= 4 is 17.7 Å². The van der Waals surface area contributed by atoms with Gasteiger partial charge in [0.05, 0.1) is 18.0 Å². The smallest absolute Gasteiger partial charge is 0.251 e. The molecule has 1 saturated carbocycles. The highest BCUT2D eigenvalue weighted by atomic mass is 16.2. The van der Waals surface area contributed by atoms with E-state index in [4.69, 9.17) is 0 Å². The number of tetrazole rings is 1. The highest BCUT2D eigenvalue weighted by Gasteiger charge is 2.54. The van der Waals surface area contributed by atoms with Crippen molar-refractivity contribution in [1.29, 1.82) is 5.26 Å². The molecule has 4 N–H and O–H groups in total. The van der Waals surface area contributed by atoms with Crippen LogP contribution in [0.1, 0.15) is 81.9 Å². The summed E-state index contributed by atoms with van der Waals surface area (Å²) in [4.78, 5) is 40.6. The Morgan fingerprint density at radius 1 is 1.02 bits per heavy atom. The number of rotatable bonds is 9. The highest BCUT2D eigenvalue weighted by Crippen LogP contribution is 2.49. The minimum atomic E-state index is -0.900. The Kier molecular flexibility index (Phi) is 8.14. The number of carbonyl (C=O) groups excluding carboxylic acids is 3. The molecule has 1 aliphatic heterocycles. The number of likely N-dealkylation sites (tertiary alicyclic amines) is 1. The predicted molar refractivity (Wildman–Crippen MR) is 165 cm³/mol. The Hall–Kier alpha value is -4.63. The van der Waals surface area contributed by atoms with Crippen LogP contribution >= 0.6 is 0 Å². The second-order valence-corrected chi connectivity index (χ2v) is 12.7. The largest absolute Gasteiger partial charge is 0.355 e. The number of H-pyrrole nitrogens is 1. The number of nitrogens with one attached hydrogen (secondary N) is 4. The lowest BCUT2D eigenvalue weighted by Gasteiger charge is -2.39. The standard InChI is InChI=1S/C33H39N9O3/c1-18(2)27(37-17-29(43)42-24(16-34)13-23-14-28(23)42)15-33(32-38-40-41-39-32)25-9-7-21(30(44)35-3)11-19(25)5-6-20-12-22(31(45)36-4)8-10-26(20)33/h7-12,18,23-24,27-28,37H,5-6,13-15,17H2,1-4H3,(H,35,44)(H,36,45)(H,38,39,40,41)/t23-,24+,27+,28+/m1/s1. The van der Waals surface area contributed by atoms with Gasteiger partial charge in [-0.05, 0) is 101 Å². The normalized spacial score (nSPS) is 21.5. The van der Waals surface area contributed by atoms with E-state index in [9.17, 15) is 19.6 Å². The summed E-state index contributed by atoms with van der Waals surface area (Å²) in [5.41, 5.74) is 4.10. The molecule has 234 valence electrons. The van der Waals surface area contributed by atoms with Gasteiger partial charge in [0.25, 0.3) is 11.8 Å². The summed E-state index contributed by atoms with van der Waals surface area (Å²) in [6.45, 7) is 4.34. The summed E-state index contributed by atoms with van der Waals surface area (Å²) >= 11 is 0.